The van der Waals surface area contributed by atoms with Crippen molar-refractivity contribution in [2.75, 3.05) is 13.2 Å². The summed E-state index contributed by atoms with van der Waals surface area (Å²) in [5, 5.41) is 2.49. The van der Waals surface area contributed by atoms with Gasteiger partial charge in [-0.2, -0.15) is 0 Å². The standard InChI is InChI=1S/C24H31N3O4S/c1-3-5-6-7-16-30-20-14-10-19(11-15-20)23(29)25-24(32)27-26-22(28)17-31-21-12-8-18(4-2)9-13-21/h8-15H,3-7,16-17H2,1-2H3,(H,26,28)(H2,25,27,29,32). The van der Waals surface area contributed by atoms with E-state index in [1.54, 1.807) is 24.3 Å². The van der Waals surface area contributed by atoms with Crippen molar-refractivity contribution in [2.24, 2.45) is 0 Å². The van der Waals surface area contributed by atoms with Crippen molar-refractivity contribution < 1.29 is 19.1 Å². The number of carbonyl (C=O) groups excluding carboxylic acids is 2. The Morgan fingerprint density at radius 3 is 2.16 bits per heavy atom. The third kappa shape index (κ3) is 9.34. The highest BCUT2D eigenvalue weighted by atomic mass is 32.1. The van der Waals surface area contributed by atoms with Crippen molar-refractivity contribution in [1.82, 2.24) is 16.2 Å². The highest BCUT2D eigenvalue weighted by Gasteiger charge is 2.09. The van der Waals surface area contributed by atoms with Crippen molar-refractivity contribution >= 4 is 29.1 Å². The first-order valence-electron chi connectivity index (χ1n) is 10.9. The number of hydrazine groups is 1. The molecular formula is C24H31N3O4S. The summed E-state index contributed by atoms with van der Waals surface area (Å²) in [6.07, 6.45) is 5.49. The Hall–Kier alpha value is -3.13. The van der Waals surface area contributed by atoms with Gasteiger partial charge in [-0.3, -0.25) is 25.8 Å². The summed E-state index contributed by atoms with van der Waals surface area (Å²) in [6.45, 7) is 4.71. The van der Waals surface area contributed by atoms with Gasteiger partial charge in [0.05, 0.1) is 6.61 Å². The molecular weight excluding hydrogens is 426 g/mol. The Kier molecular flexibility index (Phi) is 11.0. The van der Waals surface area contributed by atoms with E-state index in [9.17, 15) is 9.59 Å². The zero-order chi connectivity index (χ0) is 23.2. The molecule has 172 valence electrons. The van der Waals surface area contributed by atoms with Gasteiger partial charge in [-0.05, 0) is 67.0 Å². The van der Waals surface area contributed by atoms with Crippen LogP contribution in [0.25, 0.3) is 0 Å². The Bertz CT molecular complexity index is 870. The molecule has 0 heterocycles. The number of nitrogens with one attached hydrogen (secondary N) is 3. The smallest absolute Gasteiger partial charge is 0.276 e. The van der Waals surface area contributed by atoms with Crippen LogP contribution < -0.4 is 25.6 Å². The summed E-state index contributed by atoms with van der Waals surface area (Å²) in [5.74, 6) is 0.497. The average molecular weight is 458 g/mol. The Labute approximate surface area is 194 Å². The third-order valence-corrected chi connectivity index (χ3v) is 4.83. The van der Waals surface area contributed by atoms with Gasteiger partial charge in [0.25, 0.3) is 11.8 Å². The minimum atomic E-state index is -0.429. The van der Waals surface area contributed by atoms with E-state index in [1.807, 2.05) is 24.3 Å². The predicted molar refractivity (Wildman–Crippen MR) is 129 cm³/mol. The lowest BCUT2D eigenvalue weighted by atomic mass is 10.2. The summed E-state index contributed by atoms with van der Waals surface area (Å²) >= 11 is 5.05. The molecule has 3 N–H and O–H groups in total. The molecule has 0 aliphatic heterocycles. The Morgan fingerprint density at radius 2 is 1.50 bits per heavy atom. The number of rotatable bonds is 11. The highest BCUT2D eigenvalue weighted by molar-refractivity contribution is 7.80. The average Bonchev–Trinajstić information content (AvgIpc) is 2.82. The maximum absolute atomic E-state index is 12.3. The third-order valence-electron chi connectivity index (χ3n) is 4.63. The van der Waals surface area contributed by atoms with Gasteiger partial charge in [-0.25, -0.2) is 0 Å². The second kappa shape index (κ2) is 14.0. The fraction of sp³-hybridized carbons (Fsp3) is 0.375. The number of ether oxygens (including phenoxy) is 2. The number of hydrogen-bond acceptors (Lipinski definition) is 5. The van der Waals surface area contributed by atoms with Crippen LogP contribution >= 0.6 is 12.2 Å². The lowest BCUT2D eigenvalue weighted by molar-refractivity contribution is -0.123. The lowest BCUT2D eigenvalue weighted by Gasteiger charge is -2.12. The molecule has 2 rings (SSSR count). The van der Waals surface area contributed by atoms with Gasteiger partial charge in [0.2, 0.25) is 0 Å². The lowest BCUT2D eigenvalue weighted by Crippen LogP contribution is -2.49. The minimum Gasteiger partial charge on any atom is -0.494 e. The summed E-state index contributed by atoms with van der Waals surface area (Å²) < 4.78 is 11.1. The molecule has 32 heavy (non-hydrogen) atoms. The topological polar surface area (TPSA) is 88.7 Å². The second-order valence-electron chi connectivity index (χ2n) is 7.18. The first-order chi connectivity index (χ1) is 15.5. The van der Waals surface area contributed by atoms with Crippen LogP contribution in [0.1, 0.15) is 55.5 Å². The molecule has 7 nitrogen and oxygen atoms in total. The van der Waals surface area contributed by atoms with E-state index in [4.69, 9.17) is 21.7 Å². The molecule has 0 saturated heterocycles. The van der Waals surface area contributed by atoms with E-state index in [1.165, 1.54) is 18.4 Å². The summed E-state index contributed by atoms with van der Waals surface area (Å²) in [4.78, 5) is 24.2. The largest absolute Gasteiger partial charge is 0.494 e. The van der Waals surface area contributed by atoms with Crippen LogP contribution in [0.5, 0.6) is 11.5 Å². The first-order valence-corrected chi connectivity index (χ1v) is 11.3. The predicted octanol–water partition coefficient (Wildman–Crippen LogP) is 3.92. The van der Waals surface area contributed by atoms with E-state index in [0.717, 1.165) is 25.0 Å². The highest BCUT2D eigenvalue weighted by Crippen LogP contribution is 2.13. The van der Waals surface area contributed by atoms with Crippen LogP contribution in [-0.2, 0) is 11.2 Å². The van der Waals surface area contributed by atoms with Gasteiger partial charge < -0.3 is 9.47 Å². The number of hydrogen-bond donors (Lipinski definition) is 3. The van der Waals surface area contributed by atoms with Crippen molar-refractivity contribution in [3.8, 4) is 11.5 Å². The fourth-order valence-electron chi connectivity index (χ4n) is 2.76. The number of carbonyl (C=O) groups is 2. The molecule has 0 bridgehead atoms. The molecule has 8 heteroatoms. The number of benzene rings is 2. The molecule has 0 radical (unpaired) electrons. The van der Waals surface area contributed by atoms with Crippen molar-refractivity contribution in [2.45, 2.75) is 46.0 Å². The molecule has 2 aromatic carbocycles. The zero-order valence-electron chi connectivity index (χ0n) is 18.6. The maximum atomic E-state index is 12.3. The monoisotopic (exact) mass is 457 g/mol. The van der Waals surface area contributed by atoms with Crippen LogP contribution in [-0.4, -0.2) is 30.1 Å². The van der Waals surface area contributed by atoms with Crippen molar-refractivity contribution in [1.29, 1.82) is 0 Å². The van der Waals surface area contributed by atoms with Crippen LogP contribution in [0.3, 0.4) is 0 Å². The summed E-state index contributed by atoms with van der Waals surface area (Å²) in [7, 11) is 0. The molecule has 0 atom stereocenters. The molecule has 0 aromatic heterocycles. The molecule has 0 aliphatic carbocycles. The van der Waals surface area contributed by atoms with Crippen molar-refractivity contribution in [3.63, 3.8) is 0 Å². The first kappa shape index (κ1) is 25.1. The molecule has 0 unspecified atom stereocenters. The number of thiocarbonyl (C=S) groups is 1. The molecule has 0 fully saturated rings. The normalized spacial score (nSPS) is 10.2. The number of amides is 2. The van der Waals surface area contributed by atoms with Gasteiger partial charge in [0.1, 0.15) is 11.5 Å². The summed E-state index contributed by atoms with van der Waals surface area (Å²) in [6, 6.07) is 14.3. The van der Waals surface area contributed by atoms with E-state index >= 15 is 0 Å². The van der Waals surface area contributed by atoms with Gasteiger partial charge in [-0.1, -0.05) is 45.2 Å². The zero-order valence-corrected chi connectivity index (χ0v) is 19.4. The molecule has 0 spiro atoms. The molecule has 2 aromatic rings. The fourth-order valence-corrected chi connectivity index (χ4v) is 2.90. The van der Waals surface area contributed by atoms with Crippen LogP contribution in [0.4, 0.5) is 0 Å². The maximum Gasteiger partial charge on any atom is 0.276 e. The van der Waals surface area contributed by atoms with Crippen LogP contribution in [0.2, 0.25) is 0 Å². The van der Waals surface area contributed by atoms with Gasteiger partial charge in [-0.15, -0.1) is 0 Å². The second-order valence-corrected chi connectivity index (χ2v) is 7.58. The van der Waals surface area contributed by atoms with E-state index in [2.05, 4.69) is 30.0 Å². The molecule has 0 saturated carbocycles. The molecule has 2 amide bonds. The van der Waals surface area contributed by atoms with Crippen molar-refractivity contribution in [3.05, 3.63) is 59.7 Å². The summed E-state index contributed by atoms with van der Waals surface area (Å²) in [5.41, 5.74) is 6.50. The van der Waals surface area contributed by atoms with E-state index in [-0.39, 0.29) is 11.7 Å². The molecule has 0 aliphatic rings. The van der Waals surface area contributed by atoms with Crippen LogP contribution in [0, 0.1) is 0 Å². The van der Waals surface area contributed by atoms with Gasteiger partial charge in [0, 0.05) is 5.56 Å². The SMILES string of the molecule is CCCCCCOc1ccc(C(=O)NC(=S)NNC(=O)COc2ccc(CC)cc2)cc1. The quantitative estimate of drug-likeness (QED) is 0.269. The minimum absolute atomic E-state index is 0.0214. The number of unbranched alkanes of at least 4 members (excludes halogenated alkanes) is 3. The van der Waals surface area contributed by atoms with Crippen LogP contribution in [0.15, 0.2) is 48.5 Å². The Balaban J connectivity index is 1.67. The Morgan fingerprint density at radius 1 is 0.844 bits per heavy atom. The van der Waals surface area contributed by atoms with Gasteiger partial charge in [0.15, 0.2) is 11.7 Å². The van der Waals surface area contributed by atoms with E-state index < -0.39 is 11.8 Å². The van der Waals surface area contributed by atoms with E-state index in [0.29, 0.717) is 17.9 Å². The van der Waals surface area contributed by atoms with Gasteiger partial charge >= 0.3 is 0 Å². The number of aryl methyl sites for hydroxylation is 1.